The number of aromatic nitrogens is 4. The van der Waals surface area contributed by atoms with Crippen molar-refractivity contribution in [1.82, 2.24) is 44.5 Å². The van der Waals surface area contributed by atoms with E-state index >= 15 is 0 Å². The van der Waals surface area contributed by atoms with Gasteiger partial charge in [-0.05, 0) is 120 Å². The van der Waals surface area contributed by atoms with Crippen molar-refractivity contribution >= 4 is 52.9 Å². The molecule has 4 aromatic rings. The maximum absolute atomic E-state index is 13.9. The summed E-state index contributed by atoms with van der Waals surface area (Å²) in [6.07, 6.45) is 5.97. The highest BCUT2D eigenvalue weighted by Gasteiger charge is 2.34. The van der Waals surface area contributed by atoms with E-state index in [1.807, 2.05) is 51.9 Å². The zero-order chi connectivity index (χ0) is 48.1. The smallest absolute Gasteiger partial charge is 0.298 e. The number of hydrogen-bond acceptors (Lipinski definition) is 13. The number of aryl methyl sites for hydroxylation is 1. The molecule has 0 bridgehead atoms. The van der Waals surface area contributed by atoms with Crippen molar-refractivity contribution in [2.75, 3.05) is 54.0 Å². The van der Waals surface area contributed by atoms with Crippen molar-refractivity contribution in [3.05, 3.63) is 52.8 Å². The molecular formula is C49H67N9O7S. The molecule has 0 aliphatic carbocycles. The second-order valence-corrected chi connectivity index (χ2v) is 19.0. The van der Waals surface area contributed by atoms with Gasteiger partial charge in [0.05, 0.1) is 30.1 Å². The number of methoxy groups -OCH3 is 1. The number of pyridine rings is 1. The van der Waals surface area contributed by atoms with Crippen LogP contribution in [0, 0.1) is 29.1 Å². The van der Waals surface area contributed by atoms with Crippen molar-refractivity contribution in [2.24, 2.45) is 17.3 Å². The first-order chi connectivity index (χ1) is 31.6. The number of ether oxygens (including phenoxy) is 2. The number of benzene rings is 1. The average molecular weight is 926 g/mol. The van der Waals surface area contributed by atoms with E-state index in [4.69, 9.17) is 23.8 Å². The number of fused-ring (bicyclic) bond motifs is 1. The Morgan fingerprint density at radius 2 is 1.89 bits per heavy atom. The van der Waals surface area contributed by atoms with E-state index in [0.29, 0.717) is 56.4 Å². The average Bonchev–Trinajstić information content (AvgIpc) is 4.06. The standard InChI is InChI=1S/C40H56N8O5S.C9H11NO2/c1-10-47-32-16-15-27(20-29(32)30(22-40(5,6)23-53-24-49)36(47)28-14-13-17-41-34(28)26(4)52-9)37-44-33(54-45-37)21-31(39(51)48-19-12-11-18-42-48)43-38(50)35(25(2)3)46(7)8;1-2-3-9(12)10-5-4-8(6-10)7-11/h13-17,20,24-26,31,35,42H,10-12,18-19,21-23H2,1-9H3,(H,43,50);7-8H,4-6H2,1H3. The maximum Gasteiger partial charge on any atom is 0.298 e. The lowest BCUT2D eigenvalue weighted by Gasteiger charge is -2.33. The summed E-state index contributed by atoms with van der Waals surface area (Å²) in [6.45, 7) is 17.9. The number of likely N-dealkylation sites (N-methyl/N-ethyl adjacent to an activating group) is 1. The molecule has 2 saturated heterocycles. The van der Waals surface area contributed by atoms with Crippen LogP contribution in [0.2, 0.25) is 0 Å². The van der Waals surface area contributed by atoms with Crippen molar-refractivity contribution in [3.8, 4) is 34.5 Å². The van der Waals surface area contributed by atoms with Crippen LogP contribution in [0.25, 0.3) is 33.5 Å². The summed E-state index contributed by atoms with van der Waals surface area (Å²) in [4.78, 5) is 73.3. The Morgan fingerprint density at radius 3 is 2.52 bits per heavy atom. The van der Waals surface area contributed by atoms with E-state index in [2.05, 4.69) is 66.1 Å². The van der Waals surface area contributed by atoms with E-state index in [1.54, 1.807) is 30.1 Å². The Labute approximate surface area is 393 Å². The molecule has 2 N–H and O–H groups in total. The minimum absolute atomic E-state index is 0.0209. The van der Waals surface area contributed by atoms with E-state index in [-0.39, 0.29) is 54.1 Å². The summed E-state index contributed by atoms with van der Waals surface area (Å²) in [7, 11) is 5.43. The number of amides is 3. The normalized spacial score (nSPS) is 16.5. The zero-order valence-electron chi connectivity index (χ0n) is 40.2. The molecule has 0 radical (unpaired) electrons. The summed E-state index contributed by atoms with van der Waals surface area (Å²) in [5.74, 6) is 5.09. The number of nitrogens with one attached hydrogen (secondary N) is 2. The molecule has 66 heavy (non-hydrogen) atoms. The van der Waals surface area contributed by atoms with Gasteiger partial charge in [-0.25, -0.2) is 10.4 Å². The molecule has 3 amide bonds. The molecule has 6 rings (SSSR count). The van der Waals surface area contributed by atoms with Crippen LogP contribution in [-0.4, -0.2) is 130 Å². The molecule has 4 atom stereocenters. The molecule has 1 aromatic carbocycles. The van der Waals surface area contributed by atoms with Crippen molar-refractivity contribution in [1.29, 1.82) is 0 Å². The summed E-state index contributed by atoms with van der Waals surface area (Å²) < 4.78 is 18.1. The van der Waals surface area contributed by atoms with Crippen LogP contribution in [0.3, 0.4) is 0 Å². The lowest BCUT2D eigenvalue weighted by molar-refractivity contribution is -0.141. The fraction of sp³-hybridized carbons (Fsp3) is 0.551. The van der Waals surface area contributed by atoms with Crippen LogP contribution in [0.4, 0.5) is 0 Å². The van der Waals surface area contributed by atoms with Gasteiger partial charge in [0.1, 0.15) is 17.3 Å². The quantitative estimate of drug-likeness (QED) is 0.0949. The first kappa shape index (κ1) is 51.4. The number of hydrazine groups is 1. The molecule has 2 fully saturated rings. The van der Waals surface area contributed by atoms with Gasteiger partial charge in [0.25, 0.3) is 18.3 Å². The molecule has 17 heteroatoms. The fourth-order valence-electron chi connectivity index (χ4n) is 8.77. The number of aldehydes is 1. The molecule has 0 saturated carbocycles. The third-order valence-corrected chi connectivity index (χ3v) is 12.7. The minimum atomic E-state index is -0.806. The Balaban J connectivity index is 0.000000590. The first-order valence-corrected chi connectivity index (χ1v) is 23.5. The predicted octanol–water partition coefficient (Wildman–Crippen LogP) is 5.49. The molecule has 4 unspecified atom stereocenters. The molecule has 2 aliphatic heterocycles. The number of carbonyl (C=O) groups is 5. The zero-order valence-corrected chi connectivity index (χ0v) is 41.0. The van der Waals surface area contributed by atoms with Gasteiger partial charge in [-0.3, -0.25) is 34.1 Å². The SMILES string of the molecule is CC#CC(=O)N1CCC(C=O)C1.CCn1c(-c2cccnc2C(C)OC)c(CC(C)(C)COC=O)c2cc(-c3nsc(CC(NC(=O)C(C(C)C)N(C)C)C(=O)N4CCCCN4)n3)ccc21. The number of rotatable bonds is 18. The van der Waals surface area contributed by atoms with Crippen LogP contribution < -0.4 is 10.7 Å². The molecule has 16 nitrogen and oxygen atoms in total. The second kappa shape index (κ2) is 23.8. The molecular weight excluding hydrogens is 859 g/mol. The van der Waals surface area contributed by atoms with Gasteiger partial charge < -0.3 is 29.1 Å². The highest BCUT2D eigenvalue weighted by atomic mass is 32.1. The third-order valence-electron chi connectivity index (χ3n) is 12.0. The molecule has 0 spiro atoms. The van der Waals surface area contributed by atoms with E-state index in [9.17, 15) is 24.0 Å². The highest BCUT2D eigenvalue weighted by Crippen LogP contribution is 2.41. The van der Waals surface area contributed by atoms with Gasteiger partial charge >= 0.3 is 0 Å². The summed E-state index contributed by atoms with van der Waals surface area (Å²) in [5, 5.41) is 6.39. The Morgan fingerprint density at radius 1 is 1.12 bits per heavy atom. The molecule has 356 valence electrons. The number of carbonyl (C=O) groups excluding carboxylic acids is 5. The maximum atomic E-state index is 13.9. The topological polar surface area (TPSA) is 181 Å². The van der Waals surface area contributed by atoms with E-state index in [0.717, 1.165) is 64.5 Å². The van der Waals surface area contributed by atoms with Crippen LogP contribution in [0.5, 0.6) is 0 Å². The summed E-state index contributed by atoms with van der Waals surface area (Å²) in [5.41, 5.74) is 8.68. The van der Waals surface area contributed by atoms with Gasteiger partial charge in [0.2, 0.25) is 5.91 Å². The second-order valence-electron chi connectivity index (χ2n) is 18.2. The molecule has 5 heterocycles. The van der Waals surface area contributed by atoms with Crippen molar-refractivity contribution in [2.45, 2.75) is 105 Å². The Bertz CT molecular complexity index is 2370. The van der Waals surface area contributed by atoms with Crippen molar-refractivity contribution < 1.29 is 33.4 Å². The predicted molar refractivity (Wildman–Crippen MR) is 256 cm³/mol. The monoisotopic (exact) mass is 925 g/mol. The minimum Gasteiger partial charge on any atom is -0.467 e. The Hall–Kier alpha value is -5.54. The number of nitrogens with zero attached hydrogens (tertiary/aromatic N) is 7. The van der Waals surface area contributed by atoms with Gasteiger partial charge in [0, 0.05) is 85.8 Å². The fourth-order valence-corrected chi connectivity index (χ4v) is 9.48. The highest BCUT2D eigenvalue weighted by molar-refractivity contribution is 7.05. The summed E-state index contributed by atoms with van der Waals surface area (Å²) >= 11 is 1.24. The molecule has 2 aliphatic rings. The van der Waals surface area contributed by atoms with Crippen LogP contribution in [0.1, 0.15) is 90.1 Å². The van der Waals surface area contributed by atoms with E-state index in [1.165, 1.54) is 11.5 Å². The first-order valence-electron chi connectivity index (χ1n) is 22.8. The van der Waals surface area contributed by atoms with Crippen LogP contribution in [-0.2, 0) is 52.8 Å². The summed E-state index contributed by atoms with van der Waals surface area (Å²) in [6, 6.07) is 9.10. The largest absolute Gasteiger partial charge is 0.467 e. The molecule has 3 aromatic heterocycles. The third kappa shape index (κ3) is 12.7. The van der Waals surface area contributed by atoms with Crippen LogP contribution in [0.15, 0.2) is 36.5 Å². The number of likely N-dealkylation sites (tertiary alicyclic amines) is 1. The number of hydrogen-bond donors (Lipinski definition) is 2. The van der Waals surface area contributed by atoms with Crippen molar-refractivity contribution in [3.63, 3.8) is 0 Å². The Kier molecular flexibility index (Phi) is 18.5. The van der Waals surface area contributed by atoms with Gasteiger partial charge in [-0.2, -0.15) is 4.37 Å². The lowest BCUT2D eigenvalue weighted by Crippen LogP contribution is -2.58. The lowest BCUT2D eigenvalue weighted by atomic mass is 9.84. The van der Waals surface area contributed by atoms with Crippen LogP contribution >= 0.6 is 11.5 Å². The van der Waals surface area contributed by atoms with Gasteiger partial charge in [0.15, 0.2) is 5.82 Å². The van der Waals surface area contributed by atoms with E-state index < -0.39 is 12.1 Å². The van der Waals surface area contributed by atoms with Gasteiger partial charge in [-0.15, -0.1) is 0 Å². The van der Waals surface area contributed by atoms with Gasteiger partial charge in [-0.1, -0.05) is 33.6 Å².